The zero-order chi connectivity index (χ0) is 19.4. The smallest absolute Gasteiger partial charge is 0.255 e. The van der Waals surface area contributed by atoms with Crippen LogP contribution in [0.3, 0.4) is 0 Å². The summed E-state index contributed by atoms with van der Waals surface area (Å²) in [5, 5.41) is 6.93. The van der Waals surface area contributed by atoms with Crippen LogP contribution in [0.15, 0.2) is 30.7 Å². The monoisotopic (exact) mass is 371 g/mol. The van der Waals surface area contributed by atoms with Crippen LogP contribution in [0.25, 0.3) is 0 Å². The summed E-state index contributed by atoms with van der Waals surface area (Å²) in [6.07, 6.45) is 4.83. The van der Waals surface area contributed by atoms with Gasteiger partial charge in [-0.25, -0.2) is 4.98 Å². The number of carbonyl (C=O) groups is 2. The predicted molar refractivity (Wildman–Crippen MR) is 103 cm³/mol. The molecule has 1 fully saturated rings. The number of rotatable bonds is 5. The molecule has 0 radical (unpaired) electrons. The minimum absolute atomic E-state index is 0.0677. The number of piperazine rings is 1. The Morgan fingerprint density at radius 1 is 1.22 bits per heavy atom. The number of hydrogen-bond acceptors (Lipinski definition) is 6. The quantitative estimate of drug-likeness (QED) is 0.817. The molecule has 2 aromatic heterocycles. The van der Waals surface area contributed by atoms with Crippen LogP contribution in [-0.4, -0.2) is 83.7 Å². The van der Waals surface area contributed by atoms with Gasteiger partial charge in [0.05, 0.1) is 11.9 Å². The first-order valence-corrected chi connectivity index (χ1v) is 8.86. The van der Waals surface area contributed by atoms with Crippen molar-refractivity contribution in [3.05, 3.63) is 36.3 Å². The van der Waals surface area contributed by atoms with Crippen molar-refractivity contribution in [1.29, 1.82) is 0 Å². The van der Waals surface area contributed by atoms with Crippen molar-refractivity contribution in [2.24, 2.45) is 0 Å². The van der Waals surface area contributed by atoms with E-state index in [0.29, 0.717) is 11.3 Å². The first kappa shape index (κ1) is 18.8. The van der Waals surface area contributed by atoms with Crippen molar-refractivity contribution < 1.29 is 9.59 Å². The lowest BCUT2D eigenvalue weighted by atomic mass is 10.2. The van der Waals surface area contributed by atoms with Gasteiger partial charge < -0.3 is 20.0 Å². The van der Waals surface area contributed by atoms with Crippen molar-refractivity contribution in [3.8, 4) is 0 Å². The Morgan fingerprint density at radius 2 is 1.96 bits per heavy atom. The number of nitrogens with zero attached hydrogens (tertiary/aromatic N) is 6. The van der Waals surface area contributed by atoms with Crippen molar-refractivity contribution in [2.45, 2.75) is 6.54 Å². The fourth-order valence-corrected chi connectivity index (χ4v) is 2.77. The Balaban J connectivity index is 1.64. The molecule has 2 amide bonds. The van der Waals surface area contributed by atoms with Crippen molar-refractivity contribution >= 4 is 23.3 Å². The lowest BCUT2D eigenvalue weighted by molar-refractivity contribution is -0.129. The van der Waals surface area contributed by atoms with Crippen LogP contribution < -0.4 is 10.2 Å². The van der Waals surface area contributed by atoms with Gasteiger partial charge in [0.25, 0.3) is 5.91 Å². The first-order valence-electron chi connectivity index (χ1n) is 8.86. The molecule has 0 aromatic carbocycles. The summed E-state index contributed by atoms with van der Waals surface area (Å²) < 4.78 is 1.50. The van der Waals surface area contributed by atoms with E-state index >= 15 is 0 Å². The second kappa shape index (κ2) is 8.17. The molecule has 2 aromatic rings. The Labute approximate surface area is 158 Å². The highest BCUT2D eigenvalue weighted by Gasteiger charge is 2.17. The molecule has 1 N–H and O–H groups in total. The highest BCUT2D eigenvalue weighted by Crippen LogP contribution is 2.16. The first-order chi connectivity index (χ1) is 12.9. The molecule has 1 aliphatic rings. The maximum Gasteiger partial charge on any atom is 0.255 e. The zero-order valence-corrected chi connectivity index (χ0v) is 15.9. The van der Waals surface area contributed by atoms with Gasteiger partial charge in [0.1, 0.15) is 12.4 Å². The molecule has 0 unspecified atom stereocenters. The van der Waals surface area contributed by atoms with Crippen LogP contribution in [0, 0.1) is 0 Å². The molecule has 0 aliphatic carbocycles. The molecule has 9 heteroatoms. The third-order valence-corrected chi connectivity index (χ3v) is 4.52. The Kier molecular flexibility index (Phi) is 5.70. The normalized spacial score (nSPS) is 14.9. The second-order valence-electron chi connectivity index (χ2n) is 6.86. The number of anilines is 2. The SMILES string of the molecule is CN1CCN(c2cc(C(=O)Nc3cnn(CC(=O)N(C)C)c3)ccn2)CC1. The van der Waals surface area contributed by atoms with E-state index in [4.69, 9.17) is 0 Å². The molecule has 144 valence electrons. The van der Waals surface area contributed by atoms with Gasteiger partial charge in [0.15, 0.2) is 0 Å². The largest absolute Gasteiger partial charge is 0.354 e. The zero-order valence-electron chi connectivity index (χ0n) is 15.9. The van der Waals surface area contributed by atoms with E-state index in [-0.39, 0.29) is 18.4 Å². The molecule has 1 saturated heterocycles. The summed E-state index contributed by atoms with van der Waals surface area (Å²) in [5.74, 6) is 0.510. The molecular formula is C18H25N7O2. The van der Waals surface area contributed by atoms with Crippen LogP contribution in [0.1, 0.15) is 10.4 Å². The van der Waals surface area contributed by atoms with E-state index in [9.17, 15) is 9.59 Å². The van der Waals surface area contributed by atoms with Crippen LogP contribution >= 0.6 is 0 Å². The summed E-state index contributed by atoms with van der Waals surface area (Å²) >= 11 is 0. The van der Waals surface area contributed by atoms with E-state index in [1.54, 1.807) is 38.6 Å². The molecule has 0 atom stereocenters. The molecule has 0 bridgehead atoms. The fourth-order valence-electron chi connectivity index (χ4n) is 2.77. The maximum atomic E-state index is 12.6. The molecular weight excluding hydrogens is 346 g/mol. The Morgan fingerprint density at radius 3 is 2.67 bits per heavy atom. The summed E-state index contributed by atoms with van der Waals surface area (Å²) in [4.78, 5) is 34.6. The van der Waals surface area contributed by atoms with Crippen molar-refractivity contribution in [3.63, 3.8) is 0 Å². The average Bonchev–Trinajstić information content (AvgIpc) is 3.09. The van der Waals surface area contributed by atoms with Crippen LogP contribution in [0.4, 0.5) is 11.5 Å². The van der Waals surface area contributed by atoms with Gasteiger partial charge in [-0.1, -0.05) is 0 Å². The van der Waals surface area contributed by atoms with Gasteiger partial charge in [0, 0.05) is 58.2 Å². The molecule has 3 rings (SSSR count). The molecule has 0 saturated carbocycles. The third kappa shape index (κ3) is 4.82. The van der Waals surface area contributed by atoms with Gasteiger partial charge in [0.2, 0.25) is 5.91 Å². The minimum atomic E-state index is -0.230. The van der Waals surface area contributed by atoms with Crippen molar-refractivity contribution in [2.75, 3.05) is 57.5 Å². The number of carbonyl (C=O) groups excluding carboxylic acids is 2. The molecule has 0 spiro atoms. The molecule has 9 nitrogen and oxygen atoms in total. The number of likely N-dealkylation sites (N-methyl/N-ethyl adjacent to an activating group) is 2. The molecule has 3 heterocycles. The van der Waals surface area contributed by atoms with E-state index in [2.05, 4.69) is 32.2 Å². The average molecular weight is 371 g/mol. The number of pyridine rings is 1. The van der Waals surface area contributed by atoms with Gasteiger partial charge in [-0.05, 0) is 19.2 Å². The highest BCUT2D eigenvalue weighted by atomic mass is 16.2. The predicted octanol–water partition coefficient (Wildman–Crippen LogP) is 0.370. The van der Waals surface area contributed by atoms with E-state index < -0.39 is 0 Å². The fraction of sp³-hybridized carbons (Fsp3) is 0.444. The summed E-state index contributed by atoms with van der Waals surface area (Å²) in [5.41, 5.74) is 1.08. The topological polar surface area (TPSA) is 86.6 Å². The number of amides is 2. The Bertz CT molecular complexity index is 810. The summed E-state index contributed by atoms with van der Waals surface area (Å²) in [6.45, 7) is 3.86. The minimum Gasteiger partial charge on any atom is -0.354 e. The highest BCUT2D eigenvalue weighted by molar-refractivity contribution is 6.04. The lowest BCUT2D eigenvalue weighted by Crippen LogP contribution is -2.44. The van der Waals surface area contributed by atoms with Gasteiger partial charge in [-0.2, -0.15) is 5.10 Å². The molecule has 27 heavy (non-hydrogen) atoms. The number of nitrogens with one attached hydrogen (secondary N) is 1. The second-order valence-corrected chi connectivity index (χ2v) is 6.86. The summed E-state index contributed by atoms with van der Waals surface area (Å²) in [7, 11) is 5.48. The Hall–Kier alpha value is -2.94. The van der Waals surface area contributed by atoms with E-state index in [1.807, 2.05) is 0 Å². The van der Waals surface area contributed by atoms with Crippen LogP contribution in [0.5, 0.6) is 0 Å². The van der Waals surface area contributed by atoms with Gasteiger partial charge in [-0.15, -0.1) is 0 Å². The molecule has 1 aliphatic heterocycles. The maximum absolute atomic E-state index is 12.6. The lowest BCUT2D eigenvalue weighted by Gasteiger charge is -2.33. The number of hydrogen-bond donors (Lipinski definition) is 1. The van der Waals surface area contributed by atoms with Gasteiger partial charge in [-0.3, -0.25) is 14.3 Å². The van der Waals surface area contributed by atoms with E-state index in [0.717, 1.165) is 32.0 Å². The van der Waals surface area contributed by atoms with E-state index in [1.165, 1.54) is 15.8 Å². The standard InChI is InChI=1S/C18H25N7O2/c1-22(2)17(26)13-25-12-15(11-20-25)21-18(27)14-4-5-19-16(10-14)24-8-6-23(3)7-9-24/h4-5,10-12H,6-9,13H2,1-3H3,(H,21,27). The number of aromatic nitrogens is 3. The summed E-state index contributed by atoms with van der Waals surface area (Å²) in [6, 6.07) is 3.50. The van der Waals surface area contributed by atoms with Gasteiger partial charge >= 0.3 is 0 Å². The third-order valence-electron chi connectivity index (χ3n) is 4.52. The van der Waals surface area contributed by atoms with Crippen LogP contribution in [0.2, 0.25) is 0 Å². The van der Waals surface area contributed by atoms with Crippen LogP contribution in [-0.2, 0) is 11.3 Å². The van der Waals surface area contributed by atoms with Crippen molar-refractivity contribution in [1.82, 2.24) is 24.6 Å².